The number of aliphatic hydroxyl groups is 1. The maximum absolute atomic E-state index is 13.7. The summed E-state index contributed by atoms with van der Waals surface area (Å²) in [6, 6.07) is 11.9. The van der Waals surface area contributed by atoms with Gasteiger partial charge in [-0.1, -0.05) is 18.2 Å². The zero-order valence-corrected chi connectivity index (χ0v) is 10.4. The maximum atomic E-state index is 13.7. The molecular formula is C16H11F2NO. The molecule has 0 fully saturated rings. The molecule has 4 heteroatoms. The van der Waals surface area contributed by atoms with Crippen LogP contribution in [0.2, 0.25) is 0 Å². The molecule has 1 heterocycles. The second-order valence-electron chi connectivity index (χ2n) is 4.52. The van der Waals surface area contributed by atoms with E-state index in [1.165, 1.54) is 0 Å². The summed E-state index contributed by atoms with van der Waals surface area (Å²) in [5.74, 6) is -1.22. The predicted octanol–water partition coefficient (Wildman–Crippen LogP) is 3.59. The number of hydrogen-bond donors (Lipinski definition) is 1. The Bertz CT molecular complexity index is 773. The van der Waals surface area contributed by atoms with E-state index in [9.17, 15) is 13.9 Å². The first kappa shape index (κ1) is 12.7. The first-order chi connectivity index (χ1) is 9.65. The first-order valence-electron chi connectivity index (χ1n) is 6.13. The number of rotatable bonds is 2. The van der Waals surface area contributed by atoms with Crippen molar-refractivity contribution in [2.45, 2.75) is 6.10 Å². The minimum absolute atomic E-state index is 0.0831. The quantitative estimate of drug-likeness (QED) is 0.772. The van der Waals surface area contributed by atoms with Crippen molar-refractivity contribution in [2.75, 3.05) is 0 Å². The van der Waals surface area contributed by atoms with Crippen molar-refractivity contribution in [3.63, 3.8) is 0 Å². The Morgan fingerprint density at radius 1 is 1.00 bits per heavy atom. The largest absolute Gasteiger partial charge is 0.384 e. The molecule has 0 aliphatic heterocycles. The summed E-state index contributed by atoms with van der Waals surface area (Å²) < 4.78 is 26.9. The van der Waals surface area contributed by atoms with Gasteiger partial charge in [-0.05, 0) is 35.9 Å². The van der Waals surface area contributed by atoms with Gasteiger partial charge in [0, 0.05) is 17.1 Å². The zero-order valence-electron chi connectivity index (χ0n) is 10.4. The Hall–Kier alpha value is -2.33. The highest BCUT2D eigenvalue weighted by Crippen LogP contribution is 2.27. The fraction of sp³-hybridized carbons (Fsp3) is 0.0625. The second-order valence-corrected chi connectivity index (χ2v) is 4.52. The molecule has 0 amide bonds. The van der Waals surface area contributed by atoms with Crippen LogP contribution in [0.1, 0.15) is 17.2 Å². The smallest absolute Gasteiger partial charge is 0.129 e. The van der Waals surface area contributed by atoms with E-state index in [2.05, 4.69) is 4.98 Å². The van der Waals surface area contributed by atoms with Gasteiger partial charge in [0.05, 0.1) is 5.52 Å². The van der Waals surface area contributed by atoms with Crippen molar-refractivity contribution < 1.29 is 13.9 Å². The van der Waals surface area contributed by atoms with Crippen LogP contribution in [0.15, 0.2) is 54.7 Å². The molecule has 0 radical (unpaired) electrons. The van der Waals surface area contributed by atoms with E-state index in [0.29, 0.717) is 11.1 Å². The number of nitrogens with zero attached hydrogens (tertiary/aromatic N) is 1. The molecule has 3 rings (SSSR count). The van der Waals surface area contributed by atoms with Gasteiger partial charge in [-0.2, -0.15) is 0 Å². The third-order valence-electron chi connectivity index (χ3n) is 3.20. The van der Waals surface area contributed by atoms with Gasteiger partial charge in [-0.3, -0.25) is 4.98 Å². The molecule has 1 unspecified atom stereocenters. The third-order valence-corrected chi connectivity index (χ3v) is 3.20. The first-order valence-corrected chi connectivity index (χ1v) is 6.13. The molecule has 0 aliphatic carbocycles. The molecule has 20 heavy (non-hydrogen) atoms. The lowest BCUT2D eigenvalue weighted by Crippen LogP contribution is -2.03. The molecule has 0 bridgehead atoms. The van der Waals surface area contributed by atoms with E-state index in [1.54, 1.807) is 24.4 Å². The van der Waals surface area contributed by atoms with Gasteiger partial charge in [0.15, 0.2) is 0 Å². The minimum Gasteiger partial charge on any atom is -0.384 e. The number of benzene rings is 2. The number of hydrogen-bond acceptors (Lipinski definition) is 2. The summed E-state index contributed by atoms with van der Waals surface area (Å²) in [5.41, 5.74) is 1.09. The van der Waals surface area contributed by atoms with E-state index in [4.69, 9.17) is 0 Å². The summed E-state index contributed by atoms with van der Waals surface area (Å²) in [4.78, 5) is 4.18. The fourth-order valence-corrected chi connectivity index (χ4v) is 2.16. The lowest BCUT2D eigenvalue weighted by Gasteiger charge is -2.13. The molecule has 1 aromatic heterocycles. The number of aliphatic hydroxyl groups excluding tert-OH is 1. The van der Waals surface area contributed by atoms with Crippen molar-refractivity contribution >= 4 is 10.9 Å². The third kappa shape index (κ3) is 2.26. The van der Waals surface area contributed by atoms with Crippen LogP contribution in [0.4, 0.5) is 8.78 Å². The number of fused-ring (bicyclic) bond motifs is 1. The second kappa shape index (κ2) is 4.98. The standard InChI is InChI=1S/C16H11F2NO/c17-12-5-6-14(18)13(9-12)16(20)11-4-3-10-2-1-7-19-15(10)8-11/h1-9,16,20H. The fourth-order valence-electron chi connectivity index (χ4n) is 2.16. The van der Waals surface area contributed by atoms with Crippen molar-refractivity contribution in [1.82, 2.24) is 4.98 Å². The van der Waals surface area contributed by atoms with Crippen LogP contribution in [0, 0.1) is 11.6 Å². The lowest BCUT2D eigenvalue weighted by molar-refractivity contribution is 0.214. The molecule has 0 saturated heterocycles. The zero-order chi connectivity index (χ0) is 14.1. The van der Waals surface area contributed by atoms with Gasteiger partial charge in [0.1, 0.15) is 17.7 Å². The van der Waals surface area contributed by atoms with Gasteiger partial charge in [-0.15, -0.1) is 0 Å². The molecule has 2 aromatic carbocycles. The molecule has 1 N–H and O–H groups in total. The SMILES string of the molecule is OC(c1ccc2cccnc2c1)c1cc(F)ccc1F. The lowest BCUT2D eigenvalue weighted by atomic mass is 9.99. The van der Waals surface area contributed by atoms with Crippen LogP contribution < -0.4 is 0 Å². The van der Waals surface area contributed by atoms with Gasteiger partial charge in [0.25, 0.3) is 0 Å². The van der Waals surface area contributed by atoms with Gasteiger partial charge in [0.2, 0.25) is 0 Å². The van der Waals surface area contributed by atoms with Gasteiger partial charge < -0.3 is 5.11 Å². The monoisotopic (exact) mass is 271 g/mol. The Kier molecular flexibility index (Phi) is 3.16. The number of pyridine rings is 1. The highest BCUT2D eigenvalue weighted by atomic mass is 19.1. The Morgan fingerprint density at radius 3 is 2.70 bits per heavy atom. The molecule has 0 spiro atoms. The van der Waals surface area contributed by atoms with Crippen molar-refractivity contribution in [2.24, 2.45) is 0 Å². The summed E-state index contributed by atoms with van der Waals surface area (Å²) >= 11 is 0. The van der Waals surface area contributed by atoms with E-state index in [1.807, 2.05) is 12.1 Å². The topological polar surface area (TPSA) is 33.1 Å². The van der Waals surface area contributed by atoms with Crippen LogP contribution >= 0.6 is 0 Å². The molecular weight excluding hydrogens is 260 g/mol. The highest BCUT2D eigenvalue weighted by molar-refractivity contribution is 5.79. The minimum atomic E-state index is -1.22. The molecule has 0 aliphatic rings. The van der Waals surface area contributed by atoms with Crippen molar-refractivity contribution in [3.8, 4) is 0 Å². The number of halogens is 2. The molecule has 0 saturated carbocycles. The molecule has 1 atom stereocenters. The summed E-state index contributed by atoms with van der Waals surface area (Å²) in [6.07, 6.45) is 0.415. The summed E-state index contributed by atoms with van der Waals surface area (Å²) in [5, 5.41) is 11.1. The van der Waals surface area contributed by atoms with Crippen LogP contribution in [-0.2, 0) is 0 Å². The van der Waals surface area contributed by atoms with Crippen molar-refractivity contribution in [3.05, 3.63) is 77.5 Å². The number of aromatic nitrogens is 1. The molecule has 100 valence electrons. The van der Waals surface area contributed by atoms with Crippen LogP contribution in [0.5, 0.6) is 0 Å². The van der Waals surface area contributed by atoms with E-state index in [0.717, 1.165) is 23.6 Å². The highest BCUT2D eigenvalue weighted by Gasteiger charge is 2.16. The average molecular weight is 271 g/mol. The Labute approximate surface area is 114 Å². The Morgan fingerprint density at radius 2 is 1.85 bits per heavy atom. The van der Waals surface area contributed by atoms with Gasteiger partial charge >= 0.3 is 0 Å². The van der Waals surface area contributed by atoms with E-state index in [-0.39, 0.29) is 5.56 Å². The molecule has 3 aromatic rings. The summed E-state index contributed by atoms with van der Waals surface area (Å²) in [7, 11) is 0. The normalized spacial score (nSPS) is 12.6. The van der Waals surface area contributed by atoms with E-state index < -0.39 is 17.7 Å². The van der Waals surface area contributed by atoms with Crippen LogP contribution in [0.25, 0.3) is 10.9 Å². The molecule has 2 nitrogen and oxygen atoms in total. The van der Waals surface area contributed by atoms with Crippen LogP contribution in [0.3, 0.4) is 0 Å². The maximum Gasteiger partial charge on any atom is 0.129 e. The predicted molar refractivity (Wildman–Crippen MR) is 72.2 cm³/mol. The van der Waals surface area contributed by atoms with Crippen LogP contribution in [-0.4, -0.2) is 10.1 Å². The van der Waals surface area contributed by atoms with E-state index >= 15 is 0 Å². The average Bonchev–Trinajstić information content (AvgIpc) is 2.48. The van der Waals surface area contributed by atoms with Crippen molar-refractivity contribution in [1.29, 1.82) is 0 Å². The van der Waals surface area contributed by atoms with Gasteiger partial charge in [-0.25, -0.2) is 8.78 Å². The summed E-state index contributed by atoms with van der Waals surface area (Å²) in [6.45, 7) is 0. The Balaban J connectivity index is 2.07.